The Bertz CT molecular complexity index is 956. The molecule has 0 aromatic heterocycles. The van der Waals surface area contributed by atoms with Gasteiger partial charge in [-0.15, -0.1) is 0 Å². The predicted molar refractivity (Wildman–Crippen MR) is 118 cm³/mol. The summed E-state index contributed by atoms with van der Waals surface area (Å²) in [5.74, 6) is -0.171. The number of urea groups is 1. The molecule has 2 aromatic rings. The number of anilines is 1. The summed E-state index contributed by atoms with van der Waals surface area (Å²) in [5.41, 5.74) is 0.888. The van der Waals surface area contributed by atoms with Gasteiger partial charge in [-0.3, -0.25) is 4.79 Å². The smallest absolute Gasteiger partial charge is 0.328 e. The third kappa shape index (κ3) is 6.88. The summed E-state index contributed by atoms with van der Waals surface area (Å²) >= 11 is 0. The highest BCUT2D eigenvalue weighted by molar-refractivity contribution is 7.90. The molecule has 0 aliphatic rings. The highest BCUT2D eigenvalue weighted by atomic mass is 32.2. The summed E-state index contributed by atoms with van der Waals surface area (Å²) in [6, 6.07) is 14.7. The molecule has 0 fully saturated rings. The fraction of sp³-hybridized carbons (Fsp3) is 0.364. The van der Waals surface area contributed by atoms with Crippen LogP contribution in [-0.2, 0) is 21.2 Å². The number of carbonyl (C=O) groups is 2. The van der Waals surface area contributed by atoms with Crippen molar-refractivity contribution < 1.29 is 18.0 Å². The van der Waals surface area contributed by atoms with Crippen LogP contribution in [0, 0.1) is 5.41 Å². The molecule has 162 valence electrons. The van der Waals surface area contributed by atoms with Gasteiger partial charge in [-0.2, -0.15) is 0 Å². The Kier molecular flexibility index (Phi) is 8.00. The predicted octanol–water partition coefficient (Wildman–Crippen LogP) is 3.68. The monoisotopic (exact) mass is 431 g/mol. The van der Waals surface area contributed by atoms with E-state index in [1.807, 2.05) is 55.8 Å². The van der Waals surface area contributed by atoms with E-state index in [-0.39, 0.29) is 10.8 Å². The Labute approximate surface area is 178 Å². The second kappa shape index (κ2) is 10.2. The molecule has 0 saturated carbocycles. The van der Waals surface area contributed by atoms with Gasteiger partial charge in [0.25, 0.3) is 10.0 Å². The number of hydrogen-bond donors (Lipinski definition) is 3. The van der Waals surface area contributed by atoms with Crippen LogP contribution in [0.25, 0.3) is 0 Å². The van der Waals surface area contributed by atoms with Crippen molar-refractivity contribution in [1.29, 1.82) is 0 Å². The third-order valence-corrected chi connectivity index (χ3v) is 5.92. The first-order valence-corrected chi connectivity index (χ1v) is 11.4. The molecule has 0 radical (unpaired) electrons. The normalized spacial score (nSPS) is 11.6. The number of unbranched alkanes of at least 4 members (excludes halogenated alkanes) is 1. The number of hydrogen-bond acceptors (Lipinski definition) is 4. The maximum atomic E-state index is 12.7. The first kappa shape index (κ1) is 23.4. The van der Waals surface area contributed by atoms with Crippen LogP contribution in [0.1, 0.15) is 39.2 Å². The number of nitrogens with one attached hydrogen (secondary N) is 3. The van der Waals surface area contributed by atoms with Crippen LogP contribution < -0.4 is 15.4 Å². The van der Waals surface area contributed by atoms with Crippen molar-refractivity contribution in [2.75, 3.05) is 11.9 Å². The summed E-state index contributed by atoms with van der Waals surface area (Å²) in [6.45, 7) is 6.09. The maximum Gasteiger partial charge on any atom is 0.328 e. The van der Waals surface area contributed by atoms with E-state index in [0.29, 0.717) is 18.7 Å². The molecule has 0 bridgehead atoms. The van der Waals surface area contributed by atoms with Gasteiger partial charge in [0.15, 0.2) is 0 Å². The molecule has 7 nitrogen and oxygen atoms in total. The van der Waals surface area contributed by atoms with Crippen LogP contribution in [0.2, 0.25) is 0 Å². The zero-order valence-corrected chi connectivity index (χ0v) is 18.4. The second-order valence-electron chi connectivity index (χ2n) is 7.74. The van der Waals surface area contributed by atoms with E-state index < -0.39 is 21.5 Å². The first-order chi connectivity index (χ1) is 14.1. The highest BCUT2D eigenvalue weighted by Crippen LogP contribution is 2.24. The molecule has 0 saturated heterocycles. The number of carbonyl (C=O) groups excluding carboxylic acids is 2. The van der Waals surface area contributed by atoms with Crippen molar-refractivity contribution >= 4 is 27.6 Å². The van der Waals surface area contributed by atoms with E-state index in [0.717, 1.165) is 18.4 Å². The minimum atomic E-state index is -3.99. The molecule has 8 heteroatoms. The molecule has 0 aliphatic heterocycles. The van der Waals surface area contributed by atoms with Gasteiger partial charge in [-0.05, 0) is 42.7 Å². The van der Waals surface area contributed by atoms with E-state index in [1.54, 1.807) is 0 Å². The van der Waals surface area contributed by atoms with Crippen molar-refractivity contribution in [3.63, 3.8) is 0 Å². The van der Waals surface area contributed by atoms with Gasteiger partial charge in [-0.25, -0.2) is 17.9 Å². The lowest BCUT2D eigenvalue weighted by Crippen LogP contribution is -2.39. The lowest BCUT2D eigenvalue weighted by atomic mass is 9.85. The fourth-order valence-electron chi connectivity index (χ4n) is 2.80. The van der Waals surface area contributed by atoms with Gasteiger partial charge in [-0.1, -0.05) is 57.5 Å². The molecule has 2 rings (SSSR count). The van der Waals surface area contributed by atoms with Crippen LogP contribution in [-0.4, -0.2) is 26.9 Å². The minimum Gasteiger partial charge on any atom is -0.337 e. The van der Waals surface area contributed by atoms with Crippen molar-refractivity contribution in [1.82, 2.24) is 10.0 Å². The average molecular weight is 432 g/mol. The van der Waals surface area contributed by atoms with E-state index in [9.17, 15) is 18.0 Å². The number of amides is 3. The van der Waals surface area contributed by atoms with Crippen LogP contribution in [0.5, 0.6) is 0 Å². The lowest BCUT2D eigenvalue weighted by Gasteiger charge is -2.23. The van der Waals surface area contributed by atoms with Crippen molar-refractivity contribution in [3.05, 3.63) is 60.2 Å². The van der Waals surface area contributed by atoms with Gasteiger partial charge >= 0.3 is 6.03 Å². The summed E-state index contributed by atoms with van der Waals surface area (Å²) in [5, 5.41) is 5.32. The van der Waals surface area contributed by atoms with Crippen molar-refractivity contribution in [3.8, 4) is 0 Å². The zero-order chi connectivity index (χ0) is 22.2. The van der Waals surface area contributed by atoms with Gasteiger partial charge in [0.1, 0.15) is 0 Å². The van der Waals surface area contributed by atoms with Gasteiger partial charge in [0.2, 0.25) is 5.91 Å². The molecule has 0 aliphatic carbocycles. The average Bonchev–Trinajstić information content (AvgIpc) is 2.68. The standard InChI is InChI=1S/C22H29N3O4S/c1-4-5-15-23-21(27)25-30(28,29)19-13-11-18(12-14-19)24-20(26)22(2,3)16-17-9-7-6-8-10-17/h6-14H,4-5,15-16H2,1-3H3,(H,24,26)(H2,23,25,27). The van der Waals surface area contributed by atoms with Gasteiger partial charge in [0, 0.05) is 17.6 Å². The third-order valence-electron chi connectivity index (χ3n) is 4.57. The SMILES string of the molecule is CCCCNC(=O)NS(=O)(=O)c1ccc(NC(=O)C(C)(C)Cc2ccccc2)cc1. The lowest BCUT2D eigenvalue weighted by molar-refractivity contribution is -0.123. The minimum absolute atomic E-state index is 0.0605. The molecule has 2 aromatic carbocycles. The molecule has 0 unspecified atom stereocenters. The van der Waals surface area contributed by atoms with Crippen molar-refractivity contribution in [2.24, 2.45) is 5.41 Å². The van der Waals surface area contributed by atoms with Crippen LogP contribution in [0.4, 0.5) is 10.5 Å². The molecule has 0 spiro atoms. The molecule has 3 N–H and O–H groups in total. The Balaban J connectivity index is 1.99. The van der Waals surface area contributed by atoms with E-state index in [1.165, 1.54) is 24.3 Å². The Morgan fingerprint density at radius 1 is 0.967 bits per heavy atom. The van der Waals surface area contributed by atoms with Gasteiger partial charge in [0.05, 0.1) is 4.90 Å². The maximum absolute atomic E-state index is 12.7. The van der Waals surface area contributed by atoms with Gasteiger partial charge < -0.3 is 10.6 Å². The molecule has 3 amide bonds. The highest BCUT2D eigenvalue weighted by Gasteiger charge is 2.28. The summed E-state index contributed by atoms with van der Waals surface area (Å²) < 4.78 is 26.6. The molecule has 30 heavy (non-hydrogen) atoms. The number of sulfonamides is 1. The number of rotatable bonds is 9. The molecular weight excluding hydrogens is 402 g/mol. The van der Waals surface area contributed by atoms with E-state index in [2.05, 4.69) is 10.6 Å². The van der Waals surface area contributed by atoms with E-state index >= 15 is 0 Å². The molecular formula is C22H29N3O4S. The zero-order valence-electron chi connectivity index (χ0n) is 17.6. The molecule has 0 heterocycles. The van der Waals surface area contributed by atoms with Crippen LogP contribution in [0.3, 0.4) is 0 Å². The van der Waals surface area contributed by atoms with Crippen LogP contribution in [0.15, 0.2) is 59.5 Å². The second-order valence-corrected chi connectivity index (χ2v) is 9.42. The van der Waals surface area contributed by atoms with Crippen LogP contribution >= 0.6 is 0 Å². The summed E-state index contributed by atoms with van der Waals surface area (Å²) in [7, 11) is -3.99. The molecule has 0 atom stereocenters. The quantitative estimate of drug-likeness (QED) is 0.527. The number of benzene rings is 2. The Morgan fingerprint density at radius 2 is 1.60 bits per heavy atom. The fourth-order valence-corrected chi connectivity index (χ4v) is 3.73. The largest absolute Gasteiger partial charge is 0.337 e. The van der Waals surface area contributed by atoms with Crippen molar-refractivity contribution in [2.45, 2.75) is 44.9 Å². The summed E-state index contributed by atoms with van der Waals surface area (Å²) in [4.78, 5) is 24.4. The Morgan fingerprint density at radius 3 is 2.20 bits per heavy atom. The first-order valence-electron chi connectivity index (χ1n) is 9.90. The topological polar surface area (TPSA) is 104 Å². The van der Waals surface area contributed by atoms with E-state index in [4.69, 9.17) is 0 Å². The Hall–Kier alpha value is -2.87. The summed E-state index contributed by atoms with van der Waals surface area (Å²) in [6.07, 6.45) is 2.23.